The smallest absolute Gasteiger partial charge is 0.0474 e. The molecule has 0 amide bonds. The van der Waals surface area contributed by atoms with Gasteiger partial charge in [-0.1, -0.05) is 24.3 Å². The van der Waals surface area contributed by atoms with Crippen LogP contribution in [0.15, 0.2) is 35.5 Å². The fourth-order valence-corrected chi connectivity index (χ4v) is 1.32. The molecule has 0 unspecified atom stereocenters. The molecule has 2 nitrogen and oxygen atoms in total. The first-order valence-corrected chi connectivity index (χ1v) is 4.84. The van der Waals surface area contributed by atoms with E-state index >= 15 is 0 Å². The first-order chi connectivity index (χ1) is 6.81. The second-order valence-electron chi connectivity index (χ2n) is 2.84. The molecule has 1 aromatic rings. The maximum absolute atomic E-state index is 5.69. The number of hydrogen-bond donors (Lipinski definition) is 1. The third-order valence-corrected chi connectivity index (χ3v) is 2.20. The minimum atomic E-state index is 0.532. The summed E-state index contributed by atoms with van der Waals surface area (Å²) < 4.78 is 0. The summed E-state index contributed by atoms with van der Waals surface area (Å²) in [7, 11) is 1.72. The first kappa shape index (κ1) is 10.8. The van der Waals surface area contributed by atoms with Crippen LogP contribution in [0.2, 0.25) is 0 Å². The molecule has 0 radical (unpaired) electrons. The molecule has 0 spiro atoms. The van der Waals surface area contributed by atoms with Crippen molar-refractivity contribution in [1.29, 1.82) is 0 Å². The summed E-state index contributed by atoms with van der Waals surface area (Å²) in [6.45, 7) is 0. The summed E-state index contributed by atoms with van der Waals surface area (Å²) in [6, 6.07) is 7.93. The summed E-state index contributed by atoms with van der Waals surface area (Å²) in [5.74, 6) is 0.532. The van der Waals surface area contributed by atoms with Crippen molar-refractivity contribution >= 4 is 23.4 Å². The minimum Gasteiger partial charge on any atom is -0.404 e. The minimum absolute atomic E-state index is 0.532. The molecule has 14 heavy (non-hydrogen) atoms. The predicted octanol–water partition coefficient (Wildman–Crippen LogP) is 2.43. The lowest BCUT2D eigenvalue weighted by molar-refractivity contribution is 1.39. The van der Waals surface area contributed by atoms with Gasteiger partial charge in [-0.3, -0.25) is 4.99 Å². The van der Waals surface area contributed by atoms with Gasteiger partial charge in [-0.25, -0.2) is 0 Å². The van der Waals surface area contributed by atoms with Crippen LogP contribution in [0, 0.1) is 0 Å². The second-order valence-corrected chi connectivity index (χ2v) is 3.11. The van der Waals surface area contributed by atoms with Crippen molar-refractivity contribution < 1.29 is 0 Å². The van der Waals surface area contributed by atoms with Crippen LogP contribution in [-0.4, -0.2) is 13.3 Å². The van der Waals surface area contributed by atoms with Gasteiger partial charge in [0.05, 0.1) is 0 Å². The molecule has 2 N–H and O–H groups in total. The van der Waals surface area contributed by atoms with E-state index in [-0.39, 0.29) is 0 Å². The van der Waals surface area contributed by atoms with Crippen LogP contribution in [0.25, 0.3) is 5.57 Å². The van der Waals surface area contributed by atoms with Crippen LogP contribution in [0.3, 0.4) is 0 Å². The number of nitrogens with two attached hydrogens (primary N) is 1. The molecule has 0 atom stereocenters. The van der Waals surface area contributed by atoms with Crippen molar-refractivity contribution in [3.8, 4) is 0 Å². The normalized spacial score (nSPS) is 12.3. The summed E-state index contributed by atoms with van der Waals surface area (Å²) in [5.41, 5.74) is 8.54. The van der Waals surface area contributed by atoms with E-state index in [1.165, 1.54) is 0 Å². The Balaban J connectivity index is 2.96. The van der Waals surface area contributed by atoms with Gasteiger partial charge in [0.2, 0.25) is 0 Å². The molecule has 0 fully saturated rings. The molecule has 0 aromatic heterocycles. The van der Waals surface area contributed by atoms with Crippen molar-refractivity contribution in [3.63, 3.8) is 0 Å². The highest BCUT2D eigenvalue weighted by Crippen LogP contribution is 2.13. The van der Waals surface area contributed by atoms with Gasteiger partial charge in [-0.2, -0.15) is 0 Å². The zero-order valence-electron chi connectivity index (χ0n) is 8.07. The van der Waals surface area contributed by atoms with Crippen molar-refractivity contribution in [2.75, 3.05) is 7.05 Å². The van der Waals surface area contributed by atoms with E-state index in [9.17, 15) is 0 Å². The Morgan fingerprint density at radius 3 is 2.50 bits per heavy atom. The Morgan fingerprint density at radius 2 is 2.07 bits per heavy atom. The van der Waals surface area contributed by atoms with Gasteiger partial charge in [-0.15, -0.1) is 11.6 Å². The molecule has 0 saturated carbocycles. The van der Waals surface area contributed by atoms with Crippen LogP contribution in [0.1, 0.15) is 11.1 Å². The lowest BCUT2D eigenvalue weighted by atomic mass is 10.1. The lowest BCUT2D eigenvalue weighted by Gasteiger charge is -2.01. The number of alkyl halides is 1. The summed E-state index contributed by atoms with van der Waals surface area (Å²) in [6.07, 6.45) is 3.28. The van der Waals surface area contributed by atoms with E-state index in [1.807, 2.05) is 24.3 Å². The van der Waals surface area contributed by atoms with Crippen LogP contribution in [-0.2, 0) is 5.88 Å². The van der Waals surface area contributed by atoms with E-state index in [0.29, 0.717) is 5.88 Å². The Kier molecular flexibility index (Phi) is 4.20. The van der Waals surface area contributed by atoms with E-state index in [0.717, 1.165) is 16.7 Å². The molecule has 1 aromatic carbocycles. The van der Waals surface area contributed by atoms with Crippen molar-refractivity contribution in [1.82, 2.24) is 0 Å². The summed E-state index contributed by atoms with van der Waals surface area (Å²) in [5, 5.41) is 0. The molecule has 0 saturated heterocycles. The fraction of sp³-hybridized carbons (Fsp3) is 0.182. The average molecular weight is 209 g/mol. The SMILES string of the molecule is CN=C/C(=C\N)c1ccc(CCl)cc1. The van der Waals surface area contributed by atoms with Gasteiger partial charge in [0.15, 0.2) is 0 Å². The predicted molar refractivity (Wildman–Crippen MR) is 62.6 cm³/mol. The number of rotatable bonds is 3. The van der Waals surface area contributed by atoms with Crippen molar-refractivity contribution in [3.05, 3.63) is 41.6 Å². The molecule has 3 heteroatoms. The van der Waals surface area contributed by atoms with E-state index in [2.05, 4.69) is 4.99 Å². The maximum Gasteiger partial charge on any atom is 0.0474 e. The molecule has 74 valence electrons. The standard InChI is InChI=1S/C11H13ClN2/c1-14-8-11(7-13)10-4-2-9(6-12)3-5-10/h2-5,7-8H,6,13H2,1H3/b11-7+,14-8?. The Bertz CT molecular complexity index is 339. The van der Waals surface area contributed by atoms with Gasteiger partial charge in [0, 0.05) is 30.9 Å². The van der Waals surface area contributed by atoms with Crippen molar-refractivity contribution in [2.45, 2.75) is 5.88 Å². The Morgan fingerprint density at radius 1 is 1.43 bits per heavy atom. The zero-order valence-corrected chi connectivity index (χ0v) is 8.83. The van der Waals surface area contributed by atoms with Crippen LogP contribution >= 0.6 is 11.6 Å². The first-order valence-electron chi connectivity index (χ1n) is 4.31. The number of hydrogen-bond acceptors (Lipinski definition) is 2. The van der Waals surface area contributed by atoms with Gasteiger partial charge in [0.25, 0.3) is 0 Å². The van der Waals surface area contributed by atoms with Gasteiger partial charge >= 0.3 is 0 Å². The monoisotopic (exact) mass is 208 g/mol. The second kappa shape index (κ2) is 5.45. The molecular formula is C11H13ClN2. The van der Waals surface area contributed by atoms with E-state index < -0.39 is 0 Å². The van der Waals surface area contributed by atoms with E-state index in [4.69, 9.17) is 17.3 Å². The molecule has 0 aliphatic carbocycles. The third kappa shape index (κ3) is 2.60. The highest BCUT2D eigenvalue weighted by molar-refractivity contribution is 6.17. The third-order valence-electron chi connectivity index (χ3n) is 1.89. The molecule has 1 rings (SSSR count). The summed E-state index contributed by atoms with van der Waals surface area (Å²) >= 11 is 5.69. The van der Waals surface area contributed by atoms with Crippen molar-refractivity contribution in [2.24, 2.45) is 10.7 Å². The Hall–Kier alpha value is -1.28. The molecule has 0 bridgehead atoms. The van der Waals surface area contributed by atoms with Gasteiger partial charge < -0.3 is 5.73 Å². The lowest BCUT2D eigenvalue weighted by Crippen LogP contribution is -1.91. The zero-order chi connectivity index (χ0) is 10.4. The largest absolute Gasteiger partial charge is 0.404 e. The Labute approximate surface area is 89.1 Å². The number of benzene rings is 1. The molecule has 0 aliphatic heterocycles. The fourth-order valence-electron chi connectivity index (χ4n) is 1.14. The summed E-state index contributed by atoms with van der Waals surface area (Å²) in [4.78, 5) is 3.93. The van der Waals surface area contributed by atoms with Crippen LogP contribution in [0.4, 0.5) is 0 Å². The van der Waals surface area contributed by atoms with Crippen LogP contribution < -0.4 is 5.73 Å². The highest BCUT2D eigenvalue weighted by Gasteiger charge is 1.97. The average Bonchev–Trinajstić information content (AvgIpc) is 2.26. The quantitative estimate of drug-likeness (QED) is 0.602. The number of halogens is 1. The van der Waals surface area contributed by atoms with Crippen LogP contribution in [0.5, 0.6) is 0 Å². The topological polar surface area (TPSA) is 38.4 Å². The van der Waals surface area contributed by atoms with Gasteiger partial charge in [-0.05, 0) is 11.1 Å². The number of aliphatic imine (C=N–C) groups is 1. The van der Waals surface area contributed by atoms with E-state index in [1.54, 1.807) is 19.5 Å². The highest BCUT2D eigenvalue weighted by atomic mass is 35.5. The maximum atomic E-state index is 5.69. The molecular weight excluding hydrogens is 196 g/mol. The number of nitrogens with zero attached hydrogens (tertiary/aromatic N) is 1. The van der Waals surface area contributed by atoms with Gasteiger partial charge in [0.1, 0.15) is 0 Å². The molecule has 0 aliphatic rings. The molecule has 0 heterocycles. The number of allylic oxidation sites excluding steroid dienone is 1.